The molecule has 10 heteroatoms. The van der Waals surface area contributed by atoms with E-state index < -0.39 is 24.8 Å². The molecule has 1 heterocycles. The van der Waals surface area contributed by atoms with Crippen molar-refractivity contribution in [2.45, 2.75) is 82.7 Å². The number of rotatable bonds is 7. The van der Waals surface area contributed by atoms with E-state index in [1.165, 1.54) is 6.20 Å². The van der Waals surface area contributed by atoms with Gasteiger partial charge in [-0.25, -0.2) is 9.97 Å². The molecule has 0 aliphatic heterocycles. The Morgan fingerprint density at radius 1 is 1.26 bits per heavy atom. The Hall–Kier alpha value is -1.94. The maximum Gasteiger partial charge on any atom is 0.411 e. The third kappa shape index (κ3) is 7.03. The van der Waals surface area contributed by atoms with Crippen LogP contribution in [0.2, 0.25) is 0 Å². The van der Waals surface area contributed by atoms with E-state index in [9.17, 15) is 23.1 Å². The average molecular weight is 444 g/mol. The second-order valence-corrected chi connectivity index (χ2v) is 8.89. The number of carbonyl (C=O) groups is 1. The zero-order chi connectivity index (χ0) is 22.6. The summed E-state index contributed by atoms with van der Waals surface area (Å²) in [5, 5.41) is 13.4. The predicted molar refractivity (Wildman–Crippen MR) is 108 cm³/mol. The van der Waals surface area contributed by atoms with Gasteiger partial charge in [-0.2, -0.15) is 13.2 Å². The van der Waals surface area contributed by atoms with Gasteiger partial charge in [-0.3, -0.25) is 4.79 Å². The molecule has 0 spiro atoms. The van der Waals surface area contributed by atoms with E-state index in [2.05, 4.69) is 15.3 Å². The van der Waals surface area contributed by atoms with Crippen molar-refractivity contribution < 1.29 is 27.8 Å². The highest BCUT2D eigenvalue weighted by Crippen LogP contribution is 2.32. The zero-order valence-electron chi connectivity index (χ0n) is 17.7. The van der Waals surface area contributed by atoms with Crippen LogP contribution in [0.15, 0.2) is 6.20 Å². The first-order valence-corrected chi connectivity index (χ1v) is 10.9. The second kappa shape index (κ2) is 10.1. The third-order valence-electron chi connectivity index (χ3n) is 6.37. The molecule has 7 nitrogen and oxygen atoms in total. The van der Waals surface area contributed by atoms with Gasteiger partial charge in [-0.15, -0.1) is 0 Å². The Balaban J connectivity index is 1.58. The minimum atomic E-state index is -4.31. The van der Waals surface area contributed by atoms with Gasteiger partial charge in [0.05, 0.1) is 23.5 Å². The highest BCUT2D eigenvalue weighted by molar-refractivity contribution is 5.93. The van der Waals surface area contributed by atoms with Crippen LogP contribution in [0, 0.1) is 11.8 Å². The van der Waals surface area contributed by atoms with E-state index in [0.29, 0.717) is 50.2 Å². The molecule has 0 aromatic carbocycles. The van der Waals surface area contributed by atoms with E-state index in [0.717, 1.165) is 12.8 Å². The smallest absolute Gasteiger partial charge is 0.393 e. The highest BCUT2D eigenvalue weighted by atomic mass is 19.4. The summed E-state index contributed by atoms with van der Waals surface area (Å²) in [5.41, 5.74) is 6.34. The Bertz CT molecular complexity index is 754. The molecule has 2 aliphatic rings. The summed E-state index contributed by atoms with van der Waals surface area (Å²) < 4.78 is 41.9. The van der Waals surface area contributed by atoms with E-state index in [1.807, 2.05) is 6.92 Å². The first-order chi connectivity index (χ1) is 14.6. The third-order valence-corrected chi connectivity index (χ3v) is 6.37. The Morgan fingerprint density at radius 2 is 1.97 bits per heavy atom. The zero-order valence-corrected chi connectivity index (χ0v) is 17.7. The predicted octanol–water partition coefficient (Wildman–Crippen LogP) is 3.22. The minimum Gasteiger partial charge on any atom is -0.393 e. The van der Waals surface area contributed by atoms with Gasteiger partial charge >= 0.3 is 6.18 Å². The lowest BCUT2D eigenvalue weighted by Gasteiger charge is -2.31. The lowest BCUT2D eigenvalue weighted by Crippen LogP contribution is -2.32. The molecule has 174 valence electrons. The number of aromatic nitrogens is 2. The normalized spacial score (nSPS) is 29.5. The van der Waals surface area contributed by atoms with Crippen LogP contribution in [0.1, 0.15) is 67.9 Å². The average Bonchev–Trinajstić information content (AvgIpc) is 2.70. The number of primary amides is 1. The van der Waals surface area contributed by atoms with Crippen LogP contribution < -0.4 is 11.1 Å². The molecule has 0 unspecified atom stereocenters. The minimum absolute atomic E-state index is 0.0235. The summed E-state index contributed by atoms with van der Waals surface area (Å²) in [4.78, 5) is 20.6. The van der Waals surface area contributed by atoms with Crippen molar-refractivity contribution in [1.29, 1.82) is 0 Å². The van der Waals surface area contributed by atoms with Crippen LogP contribution in [0.25, 0.3) is 0 Å². The van der Waals surface area contributed by atoms with Gasteiger partial charge in [-0.05, 0) is 63.2 Å². The number of anilines is 1. The monoisotopic (exact) mass is 444 g/mol. The van der Waals surface area contributed by atoms with Crippen molar-refractivity contribution in [3.05, 3.63) is 17.5 Å². The maximum absolute atomic E-state index is 12.3. The van der Waals surface area contributed by atoms with Gasteiger partial charge in [0.15, 0.2) is 0 Å². The summed E-state index contributed by atoms with van der Waals surface area (Å²) in [5.74, 6) is 0.274. The summed E-state index contributed by atoms with van der Waals surface area (Å²) in [6.07, 6.45) is 1.77. The molecule has 0 bridgehead atoms. The molecule has 4 N–H and O–H groups in total. The molecule has 0 radical (unpaired) electrons. The number of ether oxygens (including phenoxy) is 1. The van der Waals surface area contributed by atoms with Gasteiger partial charge in [0.1, 0.15) is 6.61 Å². The number of halogens is 3. The van der Waals surface area contributed by atoms with Crippen LogP contribution in [-0.2, 0) is 11.2 Å². The molecular weight excluding hydrogens is 413 g/mol. The quantitative estimate of drug-likeness (QED) is 0.596. The van der Waals surface area contributed by atoms with Crippen molar-refractivity contribution >= 4 is 11.9 Å². The number of hydrogen-bond donors (Lipinski definition) is 3. The number of nitrogens with zero attached hydrogens (tertiary/aromatic N) is 2. The maximum atomic E-state index is 12.3. The second-order valence-electron chi connectivity index (χ2n) is 8.89. The van der Waals surface area contributed by atoms with Crippen LogP contribution in [0.5, 0.6) is 0 Å². The largest absolute Gasteiger partial charge is 0.411 e. The van der Waals surface area contributed by atoms with Crippen LogP contribution in [0.4, 0.5) is 19.1 Å². The summed E-state index contributed by atoms with van der Waals surface area (Å²) in [7, 11) is 0. The highest BCUT2D eigenvalue weighted by Gasteiger charge is 2.31. The molecule has 1 aromatic rings. The SMILES string of the molecule is C[C@@H]1CC[C@@H](Cc2nc(NC3CCC(OCC(F)(F)F)CC3)ncc2C(N)=O)C[C@H]1O. The van der Waals surface area contributed by atoms with Crippen LogP contribution >= 0.6 is 0 Å². The summed E-state index contributed by atoms with van der Waals surface area (Å²) in [6.45, 7) is 0.816. The number of nitrogens with one attached hydrogen (secondary N) is 1. The molecule has 31 heavy (non-hydrogen) atoms. The molecule has 2 fully saturated rings. The van der Waals surface area contributed by atoms with Crippen molar-refractivity contribution in [2.75, 3.05) is 11.9 Å². The number of amides is 1. The van der Waals surface area contributed by atoms with Crippen LogP contribution in [0.3, 0.4) is 0 Å². The molecule has 2 saturated carbocycles. The lowest BCUT2D eigenvalue weighted by atomic mass is 9.78. The number of nitrogens with two attached hydrogens (primary N) is 1. The topological polar surface area (TPSA) is 110 Å². The number of hydrogen-bond acceptors (Lipinski definition) is 6. The van der Waals surface area contributed by atoms with Crippen molar-refractivity contribution in [3.63, 3.8) is 0 Å². The molecule has 0 saturated heterocycles. The Morgan fingerprint density at radius 3 is 2.58 bits per heavy atom. The molecule has 3 rings (SSSR count). The Kier molecular flexibility index (Phi) is 7.74. The Labute approximate surface area is 180 Å². The number of alkyl halides is 3. The van der Waals surface area contributed by atoms with E-state index in [1.54, 1.807) is 0 Å². The van der Waals surface area contributed by atoms with Gasteiger partial charge in [-0.1, -0.05) is 6.92 Å². The van der Waals surface area contributed by atoms with Crippen molar-refractivity contribution in [2.24, 2.45) is 17.6 Å². The van der Waals surface area contributed by atoms with E-state index in [4.69, 9.17) is 10.5 Å². The van der Waals surface area contributed by atoms with Crippen molar-refractivity contribution in [1.82, 2.24) is 9.97 Å². The van der Waals surface area contributed by atoms with Crippen molar-refractivity contribution in [3.8, 4) is 0 Å². The summed E-state index contributed by atoms with van der Waals surface area (Å²) >= 11 is 0. The molecular formula is C21H31F3N4O3. The molecule has 2 aliphatic carbocycles. The fourth-order valence-corrected chi connectivity index (χ4v) is 4.46. The fraction of sp³-hybridized carbons (Fsp3) is 0.762. The van der Waals surface area contributed by atoms with E-state index in [-0.39, 0.29) is 29.5 Å². The lowest BCUT2D eigenvalue weighted by molar-refractivity contribution is -0.187. The number of carbonyl (C=O) groups excluding carboxylic acids is 1. The van der Waals surface area contributed by atoms with Crippen LogP contribution in [-0.4, -0.2) is 52.0 Å². The molecule has 1 amide bonds. The van der Waals surface area contributed by atoms with Gasteiger partial charge in [0, 0.05) is 12.2 Å². The molecule has 3 atom stereocenters. The number of aliphatic hydroxyl groups excluding tert-OH is 1. The fourth-order valence-electron chi connectivity index (χ4n) is 4.46. The number of aliphatic hydroxyl groups is 1. The first kappa shape index (κ1) is 23.7. The standard InChI is InChI=1S/C21H31F3N4O3/c1-12-2-3-13(9-18(12)29)8-17-16(19(25)30)10-26-20(28-17)27-14-4-6-15(7-5-14)31-11-21(22,23)24/h10,12-15,18,29H,2-9,11H2,1H3,(H2,25,30)(H,26,27,28)/t12-,13+,14?,15?,18-/m1/s1. The van der Waals surface area contributed by atoms with Gasteiger partial charge in [0.25, 0.3) is 5.91 Å². The van der Waals surface area contributed by atoms with Gasteiger partial charge < -0.3 is 20.9 Å². The van der Waals surface area contributed by atoms with Gasteiger partial charge in [0.2, 0.25) is 5.95 Å². The first-order valence-electron chi connectivity index (χ1n) is 10.9. The summed E-state index contributed by atoms with van der Waals surface area (Å²) in [6, 6.07) is 0.0235. The van der Waals surface area contributed by atoms with E-state index >= 15 is 0 Å². The molecule has 1 aromatic heterocycles.